The number of carbonyl (C=O) groups excluding carboxylic acids is 1. The van der Waals surface area contributed by atoms with Crippen LogP contribution >= 0.6 is 0 Å². The summed E-state index contributed by atoms with van der Waals surface area (Å²) in [7, 11) is 0. The first kappa shape index (κ1) is 16.7. The van der Waals surface area contributed by atoms with Crippen LogP contribution in [0, 0.1) is 0 Å². The molecular formula is C16H17F2N3O2. The summed E-state index contributed by atoms with van der Waals surface area (Å²) in [6.45, 7) is 2.45. The van der Waals surface area contributed by atoms with Crippen molar-refractivity contribution in [1.82, 2.24) is 10.3 Å². The number of amides is 1. The fraction of sp³-hybridized carbons (Fsp3) is 0.250. The monoisotopic (exact) mass is 321 g/mol. The number of aromatic amines is 1. The minimum Gasteiger partial charge on any atom is -0.399 e. The number of rotatable bonds is 4. The third-order valence-corrected chi connectivity index (χ3v) is 3.38. The predicted molar refractivity (Wildman–Crippen MR) is 83.4 cm³/mol. The second-order valence-corrected chi connectivity index (χ2v) is 5.41. The smallest absolute Gasteiger partial charge is 0.270 e. The van der Waals surface area contributed by atoms with Crippen LogP contribution in [-0.2, 0) is 5.92 Å². The van der Waals surface area contributed by atoms with Crippen molar-refractivity contribution in [3.63, 3.8) is 0 Å². The Kier molecular flexibility index (Phi) is 4.49. The molecule has 2 rings (SSSR count). The number of alkyl halides is 2. The largest absolute Gasteiger partial charge is 0.399 e. The van der Waals surface area contributed by atoms with Crippen LogP contribution in [0.4, 0.5) is 14.5 Å². The van der Waals surface area contributed by atoms with Gasteiger partial charge in [-0.25, -0.2) is 8.78 Å². The van der Waals surface area contributed by atoms with E-state index in [9.17, 15) is 18.4 Å². The van der Waals surface area contributed by atoms with Gasteiger partial charge in [0.2, 0.25) is 5.56 Å². The fourth-order valence-electron chi connectivity index (χ4n) is 2.10. The topological polar surface area (TPSA) is 88.0 Å². The SMILES string of the molecule is C[C@@H](NC(=O)c1ccc(=O)[nH]c1)c1cc(N)cc(C(C)(F)F)c1. The number of benzene rings is 1. The van der Waals surface area contributed by atoms with Crippen molar-refractivity contribution in [2.75, 3.05) is 5.73 Å². The Labute approximate surface area is 131 Å². The molecular weight excluding hydrogens is 304 g/mol. The number of nitrogens with one attached hydrogen (secondary N) is 2. The molecule has 1 aromatic carbocycles. The Morgan fingerprint density at radius 2 is 2.00 bits per heavy atom. The molecule has 2 aromatic rings. The van der Waals surface area contributed by atoms with Crippen molar-refractivity contribution in [2.24, 2.45) is 0 Å². The number of nitrogens with two attached hydrogens (primary N) is 1. The van der Waals surface area contributed by atoms with Crippen molar-refractivity contribution in [1.29, 1.82) is 0 Å². The first-order valence-electron chi connectivity index (χ1n) is 6.95. The Bertz CT molecular complexity index is 761. The maximum Gasteiger partial charge on any atom is 0.270 e. The molecule has 0 radical (unpaired) electrons. The minimum atomic E-state index is -3.02. The maximum atomic E-state index is 13.5. The van der Waals surface area contributed by atoms with E-state index in [-0.39, 0.29) is 22.4 Å². The van der Waals surface area contributed by atoms with Crippen LogP contribution in [0.25, 0.3) is 0 Å². The zero-order valence-electron chi connectivity index (χ0n) is 12.7. The number of hydrogen-bond acceptors (Lipinski definition) is 3. The Hall–Kier alpha value is -2.70. The lowest BCUT2D eigenvalue weighted by Gasteiger charge is -2.18. The highest BCUT2D eigenvalue weighted by Crippen LogP contribution is 2.31. The average molecular weight is 321 g/mol. The zero-order chi connectivity index (χ0) is 17.2. The summed E-state index contributed by atoms with van der Waals surface area (Å²) in [5.74, 6) is -3.45. The van der Waals surface area contributed by atoms with E-state index in [1.807, 2.05) is 0 Å². The lowest BCUT2D eigenvalue weighted by molar-refractivity contribution is 0.0174. The number of pyridine rings is 1. The van der Waals surface area contributed by atoms with Crippen LogP contribution < -0.4 is 16.6 Å². The maximum absolute atomic E-state index is 13.5. The van der Waals surface area contributed by atoms with E-state index >= 15 is 0 Å². The summed E-state index contributed by atoms with van der Waals surface area (Å²) < 4.78 is 26.9. The summed E-state index contributed by atoms with van der Waals surface area (Å²) in [5.41, 5.74) is 6.07. The van der Waals surface area contributed by atoms with E-state index < -0.39 is 17.9 Å². The molecule has 0 unspecified atom stereocenters. The van der Waals surface area contributed by atoms with Gasteiger partial charge in [-0.15, -0.1) is 0 Å². The minimum absolute atomic E-state index is 0.198. The normalized spacial score (nSPS) is 12.7. The second kappa shape index (κ2) is 6.20. The quantitative estimate of drug-likeness (QED) is 0.756. The van der Waals surface area contributed by atoms with Gasteiger partial charge >= 0.3 is 0 Å². The van der Waals surface area contributed by atoms with Gasteiger partial charge in [-0.05, 0) is 36.8 Å². The van der Waals surface area contributed by atoms with E-state index in [1.54, 1.807) is 6.92 Å². The van der Waals surface area contributed by atoms with Crippen molar-refractivity contribution in [3.8, 4) is 0 Å². The number of H-pyrrole nitrogens is 1. The van der Waals surface area contributed by atoms with Gasteiger partial charge in [0, 0.05) is 30.4 Å². The molecule has 122 valence electrons. The van der Waals surface area contributed by atoms with Gasteiger partial charge in [-0.2, -0.15) is 0 Å². The molecule has 4 N–H and O–H groups in total. The van der Waals surface area contributed by atoms with E-state index in [0.29, 0.717) is 5.56 Å². The highest BCUT2D eigenvalue weighted by Gasteiger charge is 2.26. The molecule has 23 heavy (non-hydrogen) atoms. The first-order chi connectivity index (χ1) is 10.7. The molecule has 0 spiro atoms. The van der Waals surface area contributed by atoms with Crippen molar-refractivity contribution >= 4 is 11.6 Å². The van der Waals surface area contributed by atoms with Gasteiger partial charge < -0.3 is 16.0 Å². The Morgan fingerprint density at radius 3 is 2.57 bits per heavy atom. The molecule has 7 heteroatoms. The van der Waals surface area contributed by atoms with Crippen LogP contribution in [0.3, 0.4) is 0 Å². The number of aromatic nitrogens is 1. The van der Waals surface area contributed by atoms with E-state index in [2.05, 4.69) is 10.3 Å². The predicted octanol–water partition coefficient (Wildman–Crippen LogP) is 2.56. The van der Waals surface area contributed by atoms with E-state index in [4.69, 9.17) is 5.73 Å². The Balaban J connectivity index is 2.22. The number of nitrogen functional groups attached to an aromatic ring is 1. The molecule has 5 nitrogen and oxygen atoms in total. The van der Waals surface area contributed by atoms with Crippen LogP contribution in [0.1, 0.15) is 41.4 Å². The van der Waals surface area contributed by atoms with E-state index in [0.717, 1.165) is 6.92 Å². The molecule has 0 saturated carbocycles. The number of halogens is 2. The van der Waals surface area contributed by atoms with Crippen molar-refractivity contribution < 1.29 is 13.6 Å². The summed E-state index contributed by atoms with van der Waals surface area (Å²) >= 11 is 0. The molecule has 0 bridgehead atoms. The molecule has 1 aromatic heterocycles. The number of carbonyl (C=O) groups is 1. The molecule has 0 fully saturated rings. The lowest BCUT2D eigenvalue weighted by atomic mass is 10.0. The fourth-order valence-corrected chi connectivity index (χ4v) is 2.10. The zero-order valence-corrected chi connectivity index (χ0v) is 12.7. The molecule has 1 atom stereocenters. The van der Waals surface area contributed by atoms with Crippen LogP contribution in [0.5, 0.6) is 0 Å². The Morgan fingerprint density at radius 1 is 1.30 bits per heavy atom. The van der Waals surface area contributed by atoms with Crippen LogP contribution in [0.2, 0.25) is 0 Å². The van der Waals surface area contributed by atoms with Gasteiger partial charge in [-0.3, -0.25) is 9.59 Å². The molecule has 0 aliphatic carbocycles. The van der Waals surface area contributed by atoms with Gasteiger partial charge in [0.1, 0.15) is 0 Å². The molecule has 1 heterocycles. The molecule has 0 aliphatic heterocycles. The summed E-state index contributed by atoms with van der Waals surface area (Å²) in [4.78, 5) is 25.5. The molecule has 0 saturated heterocycles. The highest BCUT2D eigenvalue weighted by molar-refractivity contribution is 5.94. The van der Waals surface area contributed by atoms with Crippen molar-refractivity contribution in [2.45, 2.75) is 25.8 Å². The highest BCUT2D eigenvalue weighted by atomic mass is 19.3. The lowest BCUT2D eigenvalue weighted by Crippen LogP contribution is -2.27. The van der Waals surface area contributed by atoms with Gasteiger partial charge in [0.05, 0.1) is 11.6 Å². The van der Waals surface area contributed by atoms with Gasteiger partial charge in [-0.1, -0.05) is 0 Å². The summed E-state index contributed by atoms with van der Waals surface area (Å²) in [6.07, 6.45) is 1.29. The van der Waals surface area contributed by atoms with Crippen LogP contribution in [-0.4, -0.2) is 10.9 Å². The number of anilines is 1. The second-order valence-electron chi connectivity index (χ2n) is 5.41. The molecule has 0 aliphatic rings. The third kappa shape index (κ3) is 4.15. The third-order valence-electron chi connectivity index (χ3n) is 3.38. The molecule has 1 amide bonds. The summed E-state index contributed by atoms with van der Waals surface area (Å²) in [5, 5.41) is 2.68. The number of hydrogen-bond donors (Lipinski definition) is 3. The standard InChI is InChI=1S/C16H17F2N3O2/c1-9(21-15(23)10-3-4-14(22)20-8-10)11-5-12(16(2,17)18)7-13(19)6-11/h3-9H,19H2,1-2H3,(H,20,22)(H,21,23)/t9-/m1/s1. The average Bonchev–Trinajstić information content (AvgIpc) is 2.46. The van der Waals surface area contributed by atoms with Crippen LogP contribution in [0.15, 0.2) is 41.3 Å². The van der Waals surface area contributed by atoms with Gasteiger partial charge in [0.15, 0.2) is 0 Å². The first-order valence-corrected chi connectivity index (χ1v) is 6.95. The van der Waals surface area contributed by atoms with Crippen molar-refractivity contribution in [3.05, 3.63) is 63.6 Å². The summed E-state index contributed by atoms with van der Waals surface area (Å²) in [6, 6.07) is 6.14. The van der Waals surface area contributed by atoms with E-state index in [1.165, 1.54) is 36.5 Å². The van der Waals surface area contributed by atoms with Gasteiger partial charge in [0.25, 0.3) is 11.8 Å².